The highest BCUT2D eigenvalue weighted by molar-refractivity contribution is 7.13. The third-order valence-corrected chi connectivity index (χ3v) is 5.99. The van der Waals surface area contributed by atoms with Crippen LogP contribution in [0.1, 0.15) is 23.8 Å². The molecule has 0 aromatic carbocycles. The van der Waals surface area contributed by atoms with E-state index < -0.39 is 6.10 Å². The van der Waals surface area contributed by atoms with Crippen molar-refractivity contribution in [3.8, 4) is 10.6 Å². The molecule has 9 heteroatoms. The molecule has 4 heterocycles. The van der Waals surface area contributed by atoms with Crippen molar-refractivity contribution in [1.29, 1.82) is 0 Å². The molecule has 4 aromatic heterocycles. The summed E-state index contributed by atoms with van der Waals surface area (Å²) in [4.78, 5) is 10.6. The predicted molar refractivity (Wildman–Crippen MR) is 121 cm³/mol. The molecule has 0 bridgehead atoms. The van der Waals surface area contributed by atoms with Crippen LogP contribution in [0.5, 0.6) is 0 Å². The molecule has 3 N–H and O–H groups in total. The Bertz CT molecular complexity index is 1100. The number of hydrogen-bond donors (Lipinski definition) is 3. The van der Waals surface area contributed by atoms with Crippen molar-refractivity contribution >= 4 is 17.0 Å². The van der Waals surface area contributed by atoms with Gasteiger partial charge in [-0.05, 0) is 43.5 Å². The molecule has 8 nitrogen and oxygen atoms in total. The molecule has 31 heavy (non-hydrogen) atoms. The number of nitrogens with zero attached hydrogens (tertiary/aromatic N) is 5. The van der Waals surface area contributed by atoms with Crippen LogP contribution >= 0.6 is 11.3 Å². The lowest BCUT2D eigenvalue weighted by atomic mass is 10.2. The van der Waals surface area contributed by atoms with Gasteiger partial charge in [-0.15, -0.1) is 11.3 Å². The Hall–Kier alpha value is -2.59. The summed E-state index contributed by atoms with van der Waals surface area (Å²) >= 11 is 1.65. The molecular formula is C22H28N6O2S. The minimum Gasteiger partial charge on any atom is -0.396 e. The highest BCUT2D eigenvalue weighted by atomic mass is 32.1. The Morgan fingerprint density at radius 1 is 1.16 bits per heavy atom. The van der Waals surface area contributed by atoms with Crippen LogP contribution in [0.4, 0.5) is 0 Å². The van der Waals surface area contributed by atoms with E-state index in [4.69, 9.17) is 10.1 Å². The lowest BCUT2D eigenvalue weighted by molar-refractivity contribution is 0.149. The van der Waals surface area contributed by atoms with E-state index in [1.807, 2.05) is 51.8 Å². The predicted octanol–water partition coefficient (Wildman–Crippen LogP) is 2.08. The maximum atomic E-state index is 10.5. The van der Waals surface area contributed by atoms with Crippen molar-refractivity contribution in [3.63, 3.8) is 0 Å². The fourth-order valence-corrected chi connectivity index (χ4v) is 4.21. The zero-order valence-corrected chi connectivity index (χ0v) is 18.4. The summed E-state index contributed by atoms with van der Waals surface area (Å²) in [5.74, 6) is 1.70. The molecule has 0 aliphatic carbocycles. The molecule has 0 aliphatic rings. The van der Waals surface area contributed by atoms with E-state index in [9.17, 15) is 5.11 Å². The SMILES string of the molecule is Cc1cccc2nc(CCc3nc(-c4cccs4)cn3CC(O)CNCCCO)nn12. The average molecular weight is 441 g/mol. The van der Waals surface area contributed by atoms with Crippen molar-refractivity contribution in [2.24, 2.45) is 0 Å². The number of aryl methyl sites for hydroxylation is 3. The van der Waals surface area contributed by atoms with Gasteiger partial charge in [0.15, 0.2) is 11.5 Å². The van der Waals surface area contributed by atoms with E-state index in [0.29, 0.717) is 38.9 Å². The summed E-state index contributed by atoms with van der Waals surface area (Å²) in [5, 5.41) is 29.2. The minimum atomic E-state index is -0.543. The average Bonchev–Trinajstić information content (AvgIpc) is 3.49. The fourth-order valence-electron chi connectivity index (χ4n) is 3.53. The first-order valence-corrected chi connectivity index (χ1v) is 11.4. The summed E-state index contributed by atoms with van der Waals surface area (Å²) in [5.41, 5.74) is 2.82. The molecule has 0 saturated carbocycles. The summed E-state index contributed by atoms with van der Waals surface area (Å²) in [6, 6.07) is 10.0. The monoisotopic (exact) mass is 440 g/mol. The number of thiophene rings is 1. The Morgan fingerprint density at radius 3 is 2.84 bits per heavy atom. The second-order valence-corrected chi connectivity index (χ2v) is 8.52. The van der Waals surface area contributed by atoms with Gasteiger partial charge >= 0.3 is 0 Å². The zero-order chi connectivity index (χ0) is 21.6. The number of aliphatic hydroxyl groups is 2. The normalized spacial score (nSPS) is 12.6. The van der Waals surface area contributed by atoms with E-state index in [1.165, 1.54) is 0 Å². The fraction of sp³-hybridized carbons (Fsp3) is 0.409. The molecule has 1 unspecified atom stereocenters. The van der Waals surface area contributed by atoms with E-state index in [0.717, 1.165) is 33.6 Å². The molecular weight excluding hydrogens is 412 g/mol. The molecule has 0 radical (unpaired) electrons. The van der Waals surface area contributed by atoms with Crippen LogP contribution in [0.2, 0.25) is 0 Å². The van der Waals surface area contributed by atoms with E-state index in [-0.39, 0.29) is 6.61 Å². The molecule has 0 aliphatic heterocycles. The molecule has 0 spiro atoms. The Labute approximate surface area is 185 Å². The number of pyridine rings is 1. The van der Waals surface area contributed by atoms with Crippen molar-refractivity contribution in [3.05, 3.63) is 59.3 Å². The first-order chi connectivity index (χ1) is 15.1. The number of nitrogens with one attached hydrogen (secondary N) is 1. The van der Waals surface area contributed by atoms with Gasteiger partial charge in [0.2, 0.25) is 0 Å². The van der Waals surface area contributed by atoms with E-state index in [1.54, 1.807) is 11.3 Å². The van der Waals surface area contributed by atoms with Gasteiger partial charge < -0.3 is 20.1 Å². The van der Waals surface area contributed by atoms with Crippen molar-refractivity contribution < 1.29 is 10.2 Å². The maximum Gasteiger partial charge on any atom is 0.155 e. The number of aliphatic hydroxyl groups excluding tert-OH is 2. The molecule has 1 atom stereocenters. The van der Waals surface area contributed by atoms with Gasteiger partial charge in [0.25, 0.3) is 0 Å². The molecule has 4 aromatic rings. The number of fused-ring (bicyclic) bond motifs is 1. The van der Waals surface area contributed by atoms with Gasteiger partial charge in [0, 0.05) is 37.9 Å². The van der Waals surface area contributed by atoms with Crippen molar-refractivity contribution in [2.45, 2.75) is 38.8 Å². The summed E-state index contributed by atoms with van der Waals surface area (Å²) in [7, 11) is 0. The Kier molecular flexibility index (Phi) is 7.08. The number of imidazole rings is 1. The zero-order valence-electron chi connectivity index (χ0n) is 17.6. The Morgan fingerprint density at radius 2 is 2.06 bits per heavy atom. The highest BCUT2D eigenvalue weighted by Crippen LogP contribution is 2.24. The van der Waals surface area contributed by atoms with E-state index in [2.05, 4.69) is 21.5 Å². The van der Waals surface area contributed by atoms with Crippen LogP contribution in [-0.2, 0) is 19.4 Å². The second kappa shape index (κ2) is 10.1. The topological polar surface area (TPSA) is 100 Å². The third-order valence-electron chi connectivity index (χ3n) is 5.10. The first kappa shape index (κ1) is 21.6. The molecule has 164 valence electrons. The summed E-state index contributed by atoms with van der Waals surface area (Å²) < 4.78 is 3.90. The number of aromatic nitrogens is 5. The largest absolute Gasteiger partial charge is 0.396 e. The molecule has 0 fully saturated rings. The lowest BCUT2D eigenvalue weighted by Gasteiger charge is -2.14. The molecule has 4 rings (SSSR count). The van der Waals surface area contributed by atoms with Gasteiger partial charge in [0.05, 0.1) is 23.2 Å². The smallest absolute Gasteiger partial charge is 0.155 e. The lowest BCUT2D eigenvalue weighted by Crippen LogP contribution is -2.31. The van der Waals surface area contributed by atoms with Gasteiger partial charge in [0.1, 0.15) is 5.82 Å². The van der Waals surface area contributed by atoms with Gasteiger partial charge in [-0.2, -0.15) is 5.10 Å². The molecule has 0 amide bonds. The Balaban J connectivity index is 1.48. The van der Waals surface area contributed by atoms with E-state index >= 15 is 0 Å². The van der Waals surface area contributed by atoms with Crippen molar-refractivity contribution in [2.75, 3.05) is 19.7 Å². The van der Waals surface area contributed by atoms with Crippen LogP contribution in [-0.4, -0.2) is 60.2 Å². The second-order valence-electron chi connectivity index (χ2n) is 7.57. The first-order valence-electron chi connectivity index (χ1n) is 10.5. The van der Waals surface area contributed by atoms with Crippen molar-refractivity contribution in [1.82, 2.24) is 29.5 Å². The van der Waals surface area contributed by atoms with Gasteiger partial charge in [-0.1, -0.05) is 12.1 Å². The van der Waals surface area contributed by atoms with Gasteiger partial charge in [-0.3, -0.25) is 0 Å². The van der Waals surface area contributed by atoms with Gasteiger partial charge in [-0.25, -0.2) is 14.5 Å². The summed E-state index contributed by atoms with van der Waals surface area (Å²) in [6.45, 7) is 3.78. The minimum absolute atomic E-state index is 0.148. The summed E-state index contributed by atoms with van der Waals surface area (Å²) in [6.07, 6.45) is 3.51. The number of rotatable bonds is 11. The van der Waals surface area contributed by atoms with Crippen LogP contribution < -0.4 is 5.32 Å². The van der Waals surface area contributed by atoms with Crippen LogP contribution in [0.3, 0.4) is 0 Å². The standard InChI is InChI=1S/C22H28N6O2S/c1-16-5-2-7-22-25-20(26-28(16)22)8-9-21-24-18(19-6-3-12-31-19)15-27(21)14-17(30)13-23-10-4-11-29/h2-3,5-7,12,15,17,23,29-30H,4,8-11,13-14H2,1H3. The van der Waals surface area contributed by atoms with Crippen LogP contribution in [0.15, 0.2) is 41.9 Å². The molecule has 0 saturated heterocycles. The maximum absolute atomic E-state index is 10.5. The third kappa shape index (κ3) is 5.37. The quantitative estimate of drug-likeness (QED) is 0.309. The van der Waals surface area contributed by atoms with Crippen LogP contribution in [0, 0.1) is 6.92 Å². The highest BCUT2D eigenvalue weighted by Gasteiger charge is 2.15. The number of hydrogen-bond acceptors (Lipinski definition) is 7. The van der Waals surface area contributed by atoms with Crippen LogP contribution in [0.25, 0.3) is 16.2 Å².